The van der Waals surface area contributed by atoms with Gasteiger partial charge >= 0.3 is 0 Å². The molecule has 0 bridgehead atoms. The lowest BCUT2D eigenvalue weighted by molar-refractivity contribution is 0.213. The highest BCUT2D eigenvalue weighted by Gasteiger charge is 2.07. The maximum atomic E-state index is 5.77. The molecule has 0 unspecified atom stereocenters. The Labute approximate surface area is 127 Å². The summed E-state index contributed by atoms with van der Waals surface area (Å²) in [5, 5.41) is 0. The molecule has 2 heteroatoms. The third-order valence-electron chi connectivity index (χ3n) is 3.38. The van der Waals surface area contributed by atoms with Gasteiger partial charge in [-0.3, -0.25) is 0 Å². The number of hydrogen-bond acceptors (Lipinski definition) is 2. The van der Waals surface area contributed by atoms with Gasteiger partial charge in [0.1, 0.15) is 0 Å². The standard InChI is InChI=1S/C19H23NO/c1-16-9-7-8-12-18(16)19(15-21-14-13-20(2)3)17-10-5-4-6-11-17/h4-12,15H,13-14H2,1-3H3/b19-15+. The second kappa shape index (κ2) is 7.65. The van der Waals surface area contributed by atoms with Gasteiger partial charge in [0.2, 0.25) is 0 Å². The zero-order chi connectivity index (χ0) is 15.1. The van der Waals surface area contributed by atoms with Gasteiger partial charge in [0, 0.05) is 12.1 Å². The first-order valence-electron chi connectivity index (χ1n) is 7.26. The highest BCUT2D eigenvalue weighted by molar-refractivity contribution is 5.80. The van der Waals surface area contributed by atoms with Crippen LogP contribution in [0.2, 0.25) is 0 Å². The number of ether oxygens (including phenoxy) is 1. The first kappa shape index (κ1) is 15.3. The van der Waals surface area contributed by atoms with Crippen molar-refractivity contribution in [3.63, 3.8) is 0 Å². The molecule has 0 spiro atoms. The van der Waals surface area contributed by atoms with E-state index in [9.17, 15) is 0 Å². The molecule has 0 saturated carbocycles. The van der Waals surface area contributed by atoms with Crippen molar-refractivity contribution in [2.24, 2.45) is 0 Å². The minimum atomic E-state index is 0.690. The van der Waals surface area contributed by atoms with E-state index in [1.165, 1.54) is 16.7 Å². The maximum Gasteiger partial charge on any atom is 0.1000 e. The van der Waals surface area contributed by atoms with E-state index in [4.69, 9.17) is 4.74 Å². The second-order valence-electron chi connectivity index (χ2n) is 5.39. The highest BCUT2D eigenvalue weighted by atomic mass is 16.5. The van der Waals surface area contributed by atoms with Crippen LogP contribution >= 0.6 is 0 Å². The van der Waals surface area contributed by atoms with Gasteiger partial charge in [0.05, 0.1) is 12.9 Å². The van der Waals surface area contributed by atoms with Crippen LogP contribution < -0.4 is 0 Å². The minimum Gasteiger partial charge on any atom is -0.499 e. The molecule has 2 rings (SSSR count). The summed E-state index contributed by atoms with van der Waals surface area (Å²) in [7, 11) is 4.10. The predicted octanol–water partition coefficient (Wildman–Crippen LogP) is 3.96. The largest absolute Gasteiger partial charge is 0.499 e. The molecule has 0 N–H and O–H groups in total. The van der Waals surface area contributed by atoms with E-state index in [1.807, 2.05) is 26.4 Å². The molecule has 21 heavy (non-hydrogen) atoms. The third-order valence-corrected chi connectivity index (χ3v) is 3.38. The van der Waals surface area contributed by atoms with Gasteiger partial charge in [0.25, 0.3) is 0 Å². The van der Waals surface area contributed by atoms with E-state index >= 15 is 0 Å². The minimum absolute atomic E-state index is 0.690. The SMILES string of the molecule is Cc1ccccc1/C(=C/OCCN(C)C)c1ccccc1. The zero-order valence-corrected chi connectivity index (χ0v) is 13.0. The van der Waals surface area contributed by atoms with Crippen molar-refractivity contribution < 1.29 is 4.74 Å². The highest BCUT2D eigenvalue weighted by Crippen LogP contribution is 2.25. The fourth-order valence-corrected chi connectivity index (χ4v) is 2.16. The molecule has 0 radical (unpaired) electrons. The molecular weight excluding hydrogens is 258 g/mol. The molecule has 0 aromatic heterocycles. The Morgan fingerprint density at radius 2 is 1.67 bits per heavy atom. The van der Waals surface area contributed by atoms with Crippen LogP contribution in [0.1, 0.15) is 16.7 Å². The molecule has 0 aliphatic carbocycles. The first-order chi connectivity index (χ1) is 10.2. The van der Waals surface area contributed by atoms with E-state index in [0.29, 0.717) is 6.61 Å². The topological polar surface area (TPSA) is 12.5 Å². The average Bonchev–Trinajstić information content (AvgIpc) is 2.49. The smallest absolute Gasteiger partial charge is 0.1000 e. The summed E-state index contributed by atoms with van der Waals surface area (Å²) >= 11 is 0. The normalized spacial score (nSPS) is 11.7. The number of likely N-dealkylation sites (N-methyl/N-ethyl adjacent to an activating group) is 1. The second-order valence-corrected chi connectivity index (χ2v) is 5.39. The van der Waals surface area contributed by atoms with Gasteiger partial charge in [-0.1, -0.05) is 54.6 Å². The van der Waals surface area contributed by atoms with Crippen molar-refractivity contribution in [1.82, 2.24) is 4.90 Å². The molecule has 0 atom stereocenters. The summed E-state index contributed by atoms with van der Waals surface area (Å²) in [5.74, 6) is 0. The Kier molecular flexibility index (Phi) is 5.59. The molecule has 2 aromatic carbocycles. The third kappa shape index (κ3) is 4.47. The lowest BCUT2D eigenvalue weighted by Gasteiger charge is -2.13. The van der Waals surface area contributed by atoms with Gasteiger partial charge in [-0.05, 0) is 37.7 Å². The molecule has 110 valence electrons. The van der Waals surface area contributed by atoms with Gasteiger partial charge < -0.3 is 9.64 Å². The molecule has 0 aliphatic rings. The summed E-state index contributed by atoms with van der Waals surface area (Å²) in [4.78, 5) is 2.11. The van der Waals surface area contributed by atoms with Crippen LogP contribution in [0.25, 0.3) is 5.57 Å². The lowest BCUT2D eigenvalue weighted by Crippen LogP contribution is -2.16. The summed E-state index contributed by atoms with van der Waals surface area (Å²) in [6.45, 7) is 3.73. The Hall–Kier alpha value is -2.06. The Balaban J connectivity index is 2.27. The molecular formula is C19H23NO. The van der Waals surface area contributed by atoms with E-state index in [0.717, 1.165) is 12.1 Å². The predicted molar refractivity (Wildman–Crippen MR) is 89.2 cm³/mol. The number of aryl methyl sites for hydroxylation is 1. The van der Waals surface area contributed by atoms with Gasteiger partial charge in [-0.2, -0.15) is 0 Å². The van der Waals surface area contributed by atoms with Crippen LogP contribution in [0.5, 0.6) is 0 Å². The van der Waals surface area contributed by atoms with E-state index in [-0.39, 0.29) is 0 Å². The molecule has 2 nitrogen and oxygen atoms in total. The molecule has 0 aliphatic heterocycles. The Bertz CT molecular complexity index is 588. The van der Waals surface area contributed by atoms with Crippen molar-refractivity contribution >= 4 is 5.57 Å². The Morgan fingerprint density at radius 3 is 2.33 bits per heavy atom. The fourth-order valence-electron chi connectivity index (χ4n) is 2.16. The van der Waals surface area contributed by atoms with Crippen molar-refractivity contribution in [3.8, 4) is 0 Å². The van der Waals surface area contributed by atoms with Crippen LogP contribution in [0.3, 0.4) is 0 Å². The summed E-state index contributed by atoms with van der Waals surface area (Å²) in [6.07, 6.45) is 1.89. The van der Waals surface area contributed by atoms with Gasteiger partial charge in [-0.15, -0.1) is 0 Å². The van der Waals surface area contributed by atoms with E-state index in [2.05, 4.69) is 60.4 Å². The fraction of sp³-hybridized carbons (Fsp3) is 0.263. The monoisotopic (exact) mass is 281 g/mol. The molecule has 0 saturated heterocycles. The van der Waals surface area contributed by atoms with E-state index in [1.54, 1.807) is 0 Å². The van der Waals surface area contributed by atoms with Crippen LogP contribution in [0, 0.1) is 6.92 Å². The maximum absolute atomic E-state index is 5.77. The zero-order valence-electron chi connectivity index (χ0n) is 13.0. The first-order valence-corrected chi connectivity index (χ1v) is 7.26. The number of nitrogens with zero attached hydrogens (tertiary/aromatic N) is 1. The quantitative estimate of drug-likeness (QED) is 0.587. The molecule has 2 aromatic rings. The molecule has 0 heterocycles. The summed E-state index contributed by atoms with van der Waals surface area (Å²) < 4.78 is 5.77. The van der Waals surface area contributed by atoms with Crippen LogP contribution in [-0.4, -0.2) is 32.1 Å². The van der Waals surface area contributed by atoms with Gasteiger partial charge in [0.15, 0.2) is 0 Å². The van der Waals surface area contributed by atoms with Crippen molar-refractivity contribution in [1.29, 1.82) is 0 Å². The summed E-state index contributed by atoms with van der Waals surface area (Å²) in [5.41, 5.74) is 4.78. The van der Waals surface area contributed by atoms with Crippen LogP contribution in [-0.2, 0) is 4.74 Å². The number of hydrogen-bond donors (Lipinski definition) is 0. The van der Waals surface area contributed by atoms with Crippen molar-refractivity contribution in [2.75, 3.05) is 27.2 Å². The summed E-state index contributed by atoms with van der Waals surface area (Å²) in [6, 6.07) is 18.8. The number of benzene rings is 2. The molecule has 0 amide bonds. The number of rotatable bonds is 6. The van der Waals surface area contributed by atoms with E-state index < -0.39 is 0 Å². The lowest BCUT2D eigenvalue weighted by atomic mass is 9.95. The van der Waals surface area contributed by atoms with Crippen LogP contribution in [0.15, 0.2) is 60.9 Å². The molecule has 0 fully saturated rings. The van der Waals surface area contributed by atoms with Crippen LogP contribution in [0.4, 0.5) is 0 Å². The van der Waals surface area contributed by atoms with Crippen molar-refractivity contribution in [3.05, 3.63) is 77.5 Å². The Morgan fingerprint density at radius 1 is 1.00 bits per heavy atom. The van der Waals surface area contributed by atoms with Gasteiger partial charge in [-0.25, -0.2) is 0 Å². The van der Waals surface area contributed by atoms with Crippen molar-refractivity contribution in [2.45, 2.75) is 6.92 Å². The average molecular weight is 281 g/mol.